The number of nitrogens with one attached hydrogen (secondary N) is 2. The van der Waals surface area contributed by atoms with Crippen LogP contribution < -0.4 is 0 Å². The molecular formula is C12H23IrN2O4. The summed E-state index contributed by atoms with van der Waals surface area (Å²) in [5.74, 6) is 0. The molecule has 0 unspecified atom stereocenters. The molecule has 0 bridgehead atoms. The summed E-state index contributed by atoms with van der Waals surface area (Å²) in [7, 11) is 0. The number of hydrogen-bond donors (Lipinski definition) is 2. The number of aliphatic hydroxyl groups is 2. The summed E-state index contributed by atoms with van der Waals surface area (Å²) in [5, 5.41) is 15.3. The van der Waals surface area contributed by atoms with Gasteiger partial charge in [0, 0.05) is 12.2 Å². The summed E-state index contributed by atoms with van der Waals surface area (Å²) in [4.78, 5) is 18.3. The van der Waals surface area contributed by atoms with Crippen LogP contribution in [0.1, 0.15) is 19.8 Å². The van der Waals surface area contributed by atoms with Crippen molar-refractivity contribution in [2.45, 2.75) is 19.8 Å². The van der Waals surface area contributed by atoms with Crippen LogP contribution in [0.5, 0.6) is 0 Å². The summed E-state index contributed by atoms with van der Waals surface area (Å²) in [6.07, 6.45) is 6.10. The molecule has 0 aliphatic rings. The van der Waals surface area contributed by atoms with E-state index in [0.717, 1.165) is 25.0 Å². The number of allylic oxidation sites excluding steroid dienone is 2. The van der Waals surface area contributed by atoms with Crippen LogP contribution in [0, 0.1) is 6.92 Å². The molecule has 0 spiro atoms. The zero-order valence-corrected chi connectivity index (χ0v) is 13.4. The summed E-state index contributed by atoms with van der Waals surface area (Å²) >= 11 is 0. The van der Waals surface area contributed by atoms with E-state index < -0.39 is 0 Å². The van der Waals surface area contributed by atoms with Crippen LogP contribution in [0.15, 0.2) is 24.7 Å². The predicted molar refractivity (Wildman–Crippen MR) is 74.3 cm³/mol. The van der Waals surface area contributed by atoms with Gasteiger partial charge in [-0.25, -0.2) is 6.42 Å². The molecule has 0 heterocycles. The molecule has 0 fully saturated rings. The second-order valence-electron chi connectivity index (χ2n) is 2.31. The largest absolute Gasteiger partial charge is 3.00 e. The fourth-order valence-corrected chi connectivity index (χ4v) is 0.0703. The third kappa shape index (κ3) is 153. The first-order valence-electron chi connectivity index (χ1n) is 5.24. The minimum absolute atomic E-state index is 0. The van der Waals surface area contributed by atoms with E-state index in [2.05, 4.69) is 6.92 Å². The molecule has 4 N–H and O–H groups in total. The number of carbonyl (C=O) groups is 2. The van der Waals surface area contributed by atoms with E-state index in [1.54, 1.807) is 0 Å². The Balaban J connectivity index is -0.0000000453. The number of carbonyl (C=O) groups excluding carboxylic acids is 2. The SMILES string of the molecule is CCC[NH-].O=C/C=C\O.O=C/C=C\O.[CH2-]CC[NH-].[Ir+3]. The molecule has 19 heavy (non-hydrogen) atoms. The first-order valence-corrected chi connectivity index (χ1v) is 5.24. The zero-order chi connectivity index (χ0) is 15.1. The van der Waals surface area contributed by atoms with Gasteiger partial charge in [0.2, 0.25) is 0 Å². The van der Waals surface area contributed by atoms with Crippen LogP contribution in [0.2, 0.25) is 0 Å². The number of aliphatic hydroxyl groups excluding tert-OH is 2. The molecule has 0 saturated heterocycles. The van der Waals surface area contributed by atoms with E-state index in [0.29, 0.717) is 38.2 Å². The average molecular weight is 452 g/mol. The first kappa shape index (κ1) is 30.8. The van der Waals surface area contributed by atoms with E-state index in [9.17, 15) is 0 Å². The fourth-order valence-electron chi connectivity index (χ4n) is 0.0703. The van der Waals surface area contributed by atoms with Crippen molar-refractivity contribution in [1.29, 1.82) is 0 Å². The Morgan fingerprint density at radius 1 is 1.00 bits per heavy atom. The van der Waals surface area contributed by atoms with Crippen LogP contribution >= 0.6 is 0 Å². The van der Waals surface area contributed by atoms with Gasteiger partial charge in [-0.1, -0.05) is 13.3 Å². The van der Waals surface area contributed by atoms with Gasteiger partial charge in [-0.15, -0.1) is 0 Å². The molecule has 0 rings (SSSR count). The molecule has 0 saturated carbocycles. The van der Waals surface area contributed by atoms with Gasteiger partial charge in [0.1, 0.15) is 12.6 Å². The first-order chi connectivity index (χ1) is 8.66. The standard InChI is InChI=1S/C3H8N.C3H7N.2C3H4O2.Ir/c2*1-2-3-4;2*4-2-1-3-5;/h4H,2-3H2,1H3;4H,1-3H2;2*1-4H;/q-1;-2;;;+3/b;;2*2-1-;. The Bertz CT molecular complexity index is 165. The van der Waals surface area contributed by atoms with Crippen LogP contribution in [0.25, 0.3) is 11.5 Å². The van der Waals surface area contributed by atoms with Crippen LogP contribution in [0.3, 0.4) is 0 Å². The predicted octanol–water partition coefficient (Wildman–Crippen LogP) is 3.22. The van der Waals surface area contributed by atoms with Crippen LogP contribution in [0.4, 0.5) is 0 Å². The molecule has 0 aromatic heterocycles. The van der Waals surface area contributed by atoms with E-state index in [1.165, 1.54) is 0 Å². The Morgan fingerprint density at radius 3 is 1.26 bits per heavy atom. The molecule has 7 heteroatoms. The maximum absolute atomic E-state index is 9.16. The van der Waals surface area contributed by atoms with Gasteiger partial charge in [0.15, 0.2) is 0 Å². The summed E-state index contributed by atoms with van der Waals surface area (Å²) in [6.45, 7) is 6.44. The number of rotatable bonds is 4. The van der Waals surface area contributed by atoms with Gasteiger partial charge in [0.05, 0.1) is 12.5 Å². The van der Waals surface area contributed by atoms with Gasteiger partial charge in [-0.2, -0.15) is 13.1 Å². The smallest absolute Gasteiger partial charge is 0.679 e. The molecule has 0 atom stereocenters. The molecule has 0 amide bonds. The van der Waals surface area contributed by atoms with Gasteiger partial charge < -0.3 is 28.6 Å². The molecule has 0 aliphatic carbocycles. The van der Waals surface area contributed by atoms with Crippen molar-refractivity contribution in [3.05, 3.63) is 43.1 Å². The van der Waals surface area contributed by atoms with Crippen molar-refractivity contribution in [2.24, 2.45) is 0 Å². The summed E-state index contributed by atoms with van der Waals surface area (Å²) < 4.78 is 0. The van der Waals surface area contributed by atoms with Gasteiger partial charge in [-0.3, -0.25) is 9.59 Å². The minimum atomic E-state index is 0. The Labute approximate surface area is 128 Å². The quantitative estimate of drug-likeness (QED) is 0.295. The Kier molecular flexibility index (Phi) is 87.1. The molecule has 0 aromatic carbocycles. The van der Waals surface area contributed by atoms with Crippen molar-refractivity contribution in [3.63, 3.8) is 0 Å². The third-order valence-electron chi connectivity index (χ3n) is 0.756. The van der Waals surface area contributed by atoms with Gasteiger partial charge in [0.25, 0.3) is 0 Å². The summed E-state index contributed by atoms with van der Waals surface area (Å²) in [6, 6.07) is 0. The van der Waals surface area contributed by atoms with E-state index in [1.807, 2.05) is 6.92 Å². The van der Waals surface area contributed by atoms with Crippen molar-refractivity contribution >= 4 is 12.6 Å². The second kappa shape index (κ2) is 53.8. The Morgan fingerprint density at radius 2 is 1.26 bits per heavy atom. The normalized spacial score (nSPS) is 7.79. The maximum Gasteiger partial charge on any atom is 3.00 e. The number of aldehydes is 2. The van der Waals surface area contributed by atoms with Gasteiger partial charge >= 0.3 is 20.1 Å². The third-order valence-corrected chi connectivity index (χ3v) is 0.756. The van der Waals surface area contributed by atoms with Crippen molar-refractivity contribution in [3.8, 4) is 0 Å². The van der Waals surface area contributed by atoms with E-state index in [-0.39, 0.29) is 20.1 Å². The van der Waals surface area contributed by atoms with Crippen molar-refractivity contribution in [2.75, 3.05) is 13.1 Å². The zero-order valence-electron chi connectivity index (χ0n) is 11.0. The topological polar surface area (TPSA) is 122 Å². The van der Waals surface area contributed by atoms with E-state index in [4.69, 9.17) is 31.3 Å². The van der Waals surface area contributed by atoms with Gasteiger partial charge in [-0.05, 0) is 0 Å². The molecular weight excluding hydrogens is 428 g/mol. The fraction of sp³-hybridized carbons (Fsp3) is 0.417. The van der Waals surface area contributed by atoms with Crippen molar-refractivity contribution < 1.29 is 39.9 Å². The maximum atomic E-state index is 9.16. The van der Waals surface area contributed by atoms with Crippen molar-refractivity contribution in [1.82, 2.24) is 0 Å². The molecule has 0 radical (unpaired) electrons. The molecule has 6 nitrogen and oxygen atoms in total. The van der Waals surface area contributed by atoms with E-state index >= 15 is 0 Å². The summed E-state index contributed by atoms with van der Waals surface area (Å²) in [5.41, 5.74) is 12.8. The minimum Gasteiger partial charge on any atom is -0.679 e. The average Bonchev–Trinajstić information content (AvgIpc) is 2.42. The van der Waals surface area contributed by atoms with Crippen LogP contribution in [-0.2, 0) is 29.7 Å². The monoisotopic (exact) mass is 452 g/mol. The molecule has 114 valence electrons. The Hall–Kier alpha value is -1.01. The second-order valence-corrected chi connectivity index (χ2v) is 2.31. The number of hydrogen-bond acceptors (Lipinski definition) is 4. The van der Waals surface area contributed by atoms with Crippen LogP contribution in [-0.4, -0.2) is 35.9 Å². The molecule has 0 aliphatic heterocycles. The molecule has 0 aromatic rings.